The predicted octanol–water partition coefficient (Wildman–Crippen LogP) is 5.83. The number of halogens is 3. The lowest BCUT2D eigenvalue weighted by Gasteiger charge is -2.47. The van der Waals surface area contributed by atoms with E-state index in [2.05, 4.69) is 20.6 Å². The van der Waals surface area contributed by atoms with Crippen LogP contribution < -0.4 is 30.2 Å². The molecule has 388 valence electrons. The van der Waals surface area contributed by atoms with Gasteiger partial charge in [0.1, 0.15) is 48.1 Å². The lowest BCUT2D eigenvalue weighted by Crippen LogP contribution is -2.63. The Morgan fingerprint density at radius 3 is 2.26 bits per heavy atom. The van der Waals surface area contributed by atoms with Crippen LogP contribution in [0.3, 0.4) is 0 Å². The zero-order valence-electron chi connectivity index (χ0n) is 41.4. The quantitative estimate of drug-likeness (QED) is 0.0787. The minimum absolute atomic E-state index is 0.00383. The van der Waals surface area contributed by atoms with E-state index in [1.54, 1.807) is 91.5 Å². The lowest BCUT2D eigenvalue weighted by atomic mass is 9.90. The highest BCUT2D eigenvalue weighted by atomic mass is 19.4. The fourth-order valence-electron chi connectivity index (χ4n) is 8.37. The van der Waals surface area contributed by atoms with Gasteiger partial charge in [0.15, 0.2) is 0 Å². The minimum atomic E-state index is -4.62. The molecule has 2 aliphatic rings. The molecule has 5 atom stereocenters. The van der Waals surface area contributed by atoms with E-state index in [0.717, 1.165) is 5.56 Å². The molecular weight excluding hydrogens is 940 g/mol. The van der Waals surface area contributed by atoms with Crippen LogP contribution in [0, 0.1) is 5.92 Å². The number of nitrogens with zero attached hydrogens (tertiary/aromatic N) is 6. The second-order valence-electron chi connectivity index (χ2n) is 19.0. The van der Waals surface area contributed by atoms with Gasteiger partial charge < -0.3 is 39.8 Å². The second kappa shape index (κ2) is 24.1. The number of methoxy groups -OCH3 is 2. The van der Waals surface area contributed by atoms with Crippen LogP contribution in [0.25, 0.3) is 5.69 Å². The molecule has 21 heteroatoms. The summed E-state index contributed by atoms with van der Waals surface area (Å²) in [6.07, 6.45) is 1.07. The third-order valence-corrected chi connectivity index (χ3v) is 12.1. The first-order chi connectivity index (χ1) is 34.1. The molecule has 0 saturated carbocycles. The molecule has 18 nitrogen and oxygen atoms in total. The molecule has 5 N–H and O–H groups in total. The summed E-state index contributed by atoms with van der Waals surface area (Å²) >= 11 is 0. The number of carbonyl (C=O) groups is 3. The number of benzene rings is 2. The molecule has 3 amide bonds. The van der Waals surface area contributed by atoms with Crippen molar-refractivity contribution in [2.75, 3.05) is 58.9 Å². The van der Waals surface area contributed by atoms with E-state index in [0.29, 0.717) is 46.4 Å². The van der Waals surface area contributed by atoms with Crippen LogP contribution >= 0.6 is 0 Å². The van der Waals surface area contributed by atoms with E-state index in [-0.39, 0.29) is 45.0 Å². The van der Waals surface area contributed by atoms with Crippen LogP contribution in [0.4, 0.5) is 23.7 Å². The number of fused-ring (bicyclic) bond motifs is 1. The second-order valence-corrected chi connectivity index (χ2v) is 19.0. The standard InChI is InChI=1S/C40H48F3N7O6.C11H16N2O3/c1-39(2,35-13-14-50(47-35)28-19-30(55-3)21-44-20-28)49-16-15-48(32(23-49)38(54)45-25-40(41,42)43)22-29(51)18-27(17-26-9-5-4-6-10-26)37(53)46-36-31-11-7-8-12-34(31)56-24-33(36)52;1-11(2,3)16-10(14)13-8-5-9(15-4)7-12-6-8/h4-14,19-21,27,29,32-33,36,51-52H,15-18,22-25H2,1-3H3,(H,45,54)(H,46,53);5-7H,1-4H3,(H,13,14)/t27-,29+,32+,33-,36+;/m1./s1. The number of carbonyl (C=O) groups excluding carboxylic acids is 3. The number of pyridine rings is 2. The van der Waals surface area contributed by atoms with Gasteiger partial charge in [0.05, 0.1) is 73.8 Å². The Morgan fingerprint density at radius 2 is 1.57 bits per heavy atom. The Balaban J connectivity index is 0.000000451. The predicted molar refractivity (Wildman–Crippen MR) is 261 cm³/mol. The molecule has 0 aliphatic carbocycles. The van der Waals surface area contributed by atoms with Gasteiger partial charge in [-0.25, -0.2) is 9.48 Å². The van der Waals surface area contributed by atoms with Gasteiger partial charge >= 0.3 is 12.3 Å². The number of para-hydroxylation sites is 1. The van der Waals surface area contributed by atoms with Crippen molar-refractivity contribution in [1.29, 1.82) is 0 Å². The van der Waals surface area contributed by atoms with Gasteiger partial charge in [0, 0.05) is 56.0 Å². The van der Waals surface area contributed by atoms with Crippen molar-refractivity contribution in [3.63, 3.8) is 0 Å². The monoisotopic (exact) mass is 1000 g/mol. The van der Waals surface area contributed by atoms with Crippen molar-refractivity contribution in [2.45, 2.75) is 89.1 Å². The SMILES string of the molecule is COc1cncc(-n2ccc(C(C)(C)N3CCN(C[C@@H](O)C[C@@H](Cc4ccccc4)C(=O)N[C@H]4c5ccccc5OC[C@H]4O)[C@H](C(=O)NCC(F)(F)F)C3)n2)c1.COc1cncc(NC(=O)OC(C)(C)C)c1. The van der Waals surface area contributed by atoms with Crippen molar-refractivity contribution >= 4 is 23.6 Å². The smallest absolute Gasteiger partial charge is 0.412 e. The number of amides is 3. The van der Waals surface area contributed by atoms with Crippen LogP contribution in [-0.2, 0) is 26.3 Å². The normalized spacial score (nSPS) is 18.2. The molecule has 2 aliphatic heterocycles. The molecule has 3 aromatic heterocycles. The number of piperazine rings is 1. The van der Waals surface area contributed by atoms with Crippen molar-refractivity contribution in [3.8, 4) is 22.9 Å². The number of β-amino-alcohol motifs (C(OH)–C–C–N with tert-alkyl or cyclic N) is 1. The summed E-state index contributed by atoms with van der Waals surface area (Å²) in [5, 5.41) is 34.8. The van der Waals surface area contributed by atoms with Gasteiger partial charge in [0.25, 0.3) is 0 Å². The number of alkyl halides is 3. The molecule has 1 saturated heterocycles. The molecule has 5 aromatic rings. The number of aromatic nitrogens is 4. The zero-order chi connectivity index (χ0) is 52.2. The number of ether oxygens (including phenoxy) is 4. The lowest BCUT2D eigenvalue weighted by molar-refractivity contribution is -0.144. The fourth-order valence-corrected chi connectivity index (χ4v) is 8.37. The van der Waals surface area contributed by atoms with Crippen LogP contribution in [0.15, 0.2) is 104 Å². The summed E-state index contributed by atoms with van der Waals surface area (Å²) < 4.78 is 62.5. The third kappa shape index (κ3) is 15.3. The number of anilines is 1. The van der Waals surface area contributed by atoms with E-state index in [9.17, 15) is 37.8 Å². The highest BCUT2D eigenvalue weighted by Gasteiger charge is 2.42. The summed E-state index contributed by atoms with van der Waals surface area (Å²) in [6, 6.07) is 19.9. The summed E-state index contributed by atoms with van der Waals surface area (Å²) in [6.45, 7) is 8.39. The molecular formula is C51H64F3N9O9. The Labute approximate surface area is 416 Å². The number of rotatable bonds is 16. The van der Waals surface area contributed by atoms with Crippen LogP contribution in [0.5, 0.6) is 17.2 Å². The van der Waals surface area contributed by atoms with E-state index in [1.165, 1.54) is 20.4 Å². The average molecular weight is 1000 g/mol. The fraction of sp³-hybridized carbons (Fsp3) is 0.451. The number of aliphatic hydroxyl groups excluding tert-OH is 2. The summed E-state index contributed by atoms with van der Waals surface area (Å²) in [5.74, 6) is -0.267. The van der Waals surface area contributed by atoms with Gasteiger partial charge in [-0.05, 0) is 65.2 Å². The molecule has 0 bridgehead atoms. The summed E-state index contributed by atoms with van der Waals surface area (Å²) in [4.78, 5) is 50.7. The maximum absolute atomic E-state index is 14.0. The number of hydrogen-bond donors (Lipinski definition) is 5. The minimum Gasteiger partial charge on any atom is -0.495 e. The molecule has 2 aromatic carbocycles. The van der Waals surface area contributed by atoms with Gasteiger partial charge in [0.2, 0.25) is 11.8 Å². The molecule has 5 heterocycles. The molecule has 0 radical (unpaired) electrons. The van der Waals surface area contributed by atoms with Crippen LogP contribution in [0.1, 0.15) is 63.9 Å². The van der Waals surface area contributed by atoms with Crippen LogP contribution in [0.2, 0.25) is 0 Å². The molecule has 72 heavy (non-hydrogen) atoms. The van der Waals surface area contributed by atoms with E-state index >= 15 is 0 Å². The molecule has 1 fully saturated rings. The number of hydrogen-bond acceptors (Lipinski definition) is 14. The van der Waals surface area contributed by atoms with E-state index < -0.39 is 66.1 Å². The first-order valence-corrected chi connectivity index (χ1v) is 23.4. The Kier molecular flexibility index (Phi) is 18.2. The topological polar surface area (TPSA) is 215 Å². The average Bonchev–Trinajstić information content (AvgIpc) is 3.86. The summed E-state index contributed by atoms with van der Waals surface area (Å²) in [5.41, 5.74) is 2.09. The van der Waals surface area contributed by atoms with Gasteiger partial charge in [-0.2, -0.15) is 18.3 Å². The maximum Gasteiger partial charge on any atom is 0.412 e. The zero-order valence-corrected chi connectivity index (χ0v) is 41.4. The van der Waals surface area contributed by atoms with Crippen molar-refractivity contribution in [1.82, 2.24) is 40.2 Å². The van der Waals surface area contributed by atoms with Crippen molar-refractivity contribution < 1.29 is 56.7 Å². The van der Waals surface area contributed by atoms with E-state index in [4.69, 9.17) is 24.0 Å². The Morgan fingerprint density at radius 1 is 0.889 bits per heavy atom. The Bertz CT molecular complexity index is 2580. The molecule has 0 spiro atoms. The highest BCUT2D eigenvalue weighted by Crippen LogP contribution is 2.34. The maximum atomic E-state index is 14.0. The van der Waals surface area contributed by atoms with Gasteiger partial charge in [-0.3, -0.25) is 34.7 Å². The Hall–Kier alpha value is -6.81. The number of nitrogens with one attached hydrogen (secondary N) is 3. The first-order valence-electron chi connectivity index (χ1n) is 23.4. The summed E-state index contributed by atoms with van der Waals surface area (Å²) in [7, 11) is 3.08. The van der Waals surface area contributed by atoms with Gasteiger partial charge in [-0.1, -0.05) is 48.5 Å². The molecule has 7 rings (SSSR count). The van der Waals surface area contributed by atoms with Crippen LogP contribution in [-0.4, -0.2) is 141 Å². The largest absolute Gasteiger partial charge is 0.495 e. The third-order valence-electron chi connectivity index (χ3n) is 12.1. The highest BCUT2D eigenvalue weighted by molar-refractivity contribution is 5.85. The van der Waals surface area contributed by atoms with E-state index in [1.807, 2.05) is 60.5 Å². The van der Waals surface area contributed by atoms with Crippen molar-refractivity contribution in [3.05, 3.63) is 121 Å². The van der Waals surface area contributed by atoms with Gasteiger partial charge in [-0.15, -0.1) is 0 Å². The van der Waals surface area contributed by atoms with Crippen molar-refractivity contribution in [2.24, 2.45) is 5.92 Å². The number of aliphatic hydroxyl groups is 2. The molecule has 0 unspecified atom stereocenters. The first kappa shape index (κ1) is 54.5.